The smallest absolute Gasteiger partial charge is 0.276 e. The van der Waals surface area contributed by atoms with Crippen molar-refractivity contribution in [1.29, 1.82) is 0 Å². The fourth-order valence-electron chi connectivity index (χ4n) is 2.30. The van der Waals surface area contributed by atoms with Crippen molar-refractivity contribution in [2.45, 2.75) is 12.8 Å². The maximum Gasteiger partial charge on any atom is 0.276 e. The maximum absolute atomic E-state index is 11.9. The number of hydrogen-bond acceptors (Lipinski definition) is 3. The number of rotatable bonds is 4. The highest BCUT2D eigenvalue weighted by Crippen LogP contribution is 2.17. The van der Waals surface area contributed by atoms with Crippen LogP contribution in [0.5, 0.6) is 0 Å². The van der Waals surface area contributed by atoms with Crippen molar-refractivity contribution in [2.24, 2.45) is 11.1 Å². The lowest BCUT2D eigenvalue weighted by Crippen LogP contribution is -2.44. The molecule has 6 nitrogen and oxygen atoms in total. The van der Waals surface area contributed by atoms with Crippen molar-refractivity contribution in [2.75, 3.05) is 19.6 Å². The van der Waals surface area contributed by atoms with Crippen LogP contribution in [-0.4, -0.2) is 38.3 Å². The van der Waals surface area contributed by atoms with E-state index < -0.39 is 10.2 Å². The number of nitrogens with two attached hydrogens (primary N) is 1. The second kappa shape index (κ2) is 6.34. The van der Waals surface area contributed by atoms with E-state index in [9.17, 15) is 13.2 Å². The van der Waals surface area contributed by atoms with Gasteiger partial charge in [0.15, 0.2) is 0 Å². The number of hydrogen-bond donors (Lipinski definition) is 2. The van der Waals surface area contributed by atoms with E-state index in [0.717, 1.165) is 0 Å². The van der Waals surface area contributed by atoms with E-state index in [2.05, 4.69) is 5.32 Å². The first kappa shape index (κ1) is 15.0. The minimum Gasteiger partial charge on any atom is -0.352 e. The normalized spacial score (nSPS) is 17.9. The third-order valence-corrected chi connectivity index (χ3v) is 4.61. The fourth-order valence-corrected chi connectivity index (χ4v) is 3.02. The molecule has 1 fully saturated rings. The molecule has 0 bridgehead atoms. The Morgan fingerprint density at radius 2 is 1.85 bits per heavy atom. The van der Waals surface area contributed by atoms with Gasteiger partial charge in [0.25, 0.3) is 16.1 Å². The molecule has 1 aromatic rings. The van der Waals surface area contributed by atoms with E-state index in [1.165, 1.54) is 4.31 Å². The highest BCUT2D eigenvalue weighted by atomic mass is 32.2. The quantitative estimate of drug-likeness (QED) is 0.839. The van der Waals surface area contributed by atoms with Crippen molar-refractivity contribution in [3.63, 3.8) is 0 Å². The Hall–Kier alpha value is -1.44. The molecule has 2 rings (SSSR count). The van der Waals surface area contributed by atoms with Crippen LogP contribution in [0.15, 0.2) is 30.3 Å². The summed E-state index contributed by atoms with van der Waals surface area (Å²) in [5.74, 6) is 0.195. The van der Waals surface area contributed by atoms with Gasteiger partial charge in [0, 0.05) is 25.2 Å². The zero-order valence-corrected chi connectivity index (χ0v) is 12.0. The summed E-state index contributed by atoms with van der Waals surface area (Å²) in [5.41, 5.74) is 0.634. The minimum atomic E-state index is -3.58. The Labute approximate surface area is 119 Å². The molecule has 0 radical (unpaired) electrons. The number of carbonyl (C=O) groups excluding carboxylic acids is 1. The van der Waals surface area contributed by atoms with Crippen molar-refractivity contribution in [3.05, 3.63) is 35.9 Å². The highest BCUT2D eigenvalue weighted by Gasteiger charge is 2.25. The number of benzene rings is 1. The molecule has 1 aliphatic heterocycles. The molecule has 0 unspecified atom stereocenters. The standard InChI is InChI=1S/C13H19N3O3S/c14-20(18,19)16-8-6-11(7-9-16)10-15-13(17)12-4-2-1-3-5-12/h1-5,11H,6-10H2,(H,15,17)(H2,14,18,19). The van der Waals surface area contributed by atoms with Gasteiger partial charge in [-0.15, -0.1) is 0 Å². The molecule has 0 aromatic heterocycles. The predicted molar refractivity (Wildman–Crippen MR) is 76.2 cm³/mol. The summed E-state index contributed by atoms with van der Waals surface area (Å²) in [5, 5.41) is 7.97. The van der Waals surface area contributed by atoms with Crippen LogP contribution < -0.4 is 10.5 Å². The lowest BCUT2D eigenvalue weighted by molar-refractivity contribution is 0.0941. The third kappa shape index (κ3) is 4.03. The molecule has 0 aliphatic carbocycles. The fraction of sp³-hybridized carbons (Fsp3) is 0.462. The number of amides is 1. The summed E-state index contributed by atoms with van der Waals surface area (Å²) in [6, 6.07) is 9.02. The van der Waals surface area contributed by atoms with Gasteiger partial charge < -0.3 is 5.32 Å². The van der Waals surface area contributed by atoms with Crippen LogP contribution in [-0.2, 0) is 10.2 Å². The van der Waals surface area contributed by atoms with Crippen LogP contribution in [0.1, 0.15) is 23.2 Å². The van der Waals surface area contributed by atoms with Gasteiger partial charge in [-0.2, -0.15) is 12.7 Å². The first-order chi connectivity index (χ1) is 9.47. The van der Waals surface area contributed by atoms with Crippen molar-refractivity contribution < 1.29 is 13.2 Å². The molecular weight excluding hydrogens is 278 g/mol. The second-order valence-corrected chi connectivity index (χ2v) is 6.51. The van der Waals surface area contributed by atoms with Crippen LogP contribution in [0.25, 0.3) is 0 Å². The number of nitrogens with one attached hydrogen (secondary N) is 1. The van der Waals surface area contributed by atoms with E-state index in [0.29, 0.717) is 44.0 Å². The van der Waals surface area contributed by atoms with E-state index in [4.69, 9.17) is 5.14 Å². The van der Waals surface area contributed by atoms with Gasteiger partial charge in [0.05, 0.1) is 0 Å². The number of nitrogens with zero attached hydrogens (tertiary/aromatic N) is 1. The molecule has 20 heavy (non-hydrogen) atoms. The van der Waals surface area contributed by atoms with E-state index in [1.54, 1.807) is 12.1 Å². The van der Waals surface area contributed by atoms with Gasteiger partial charge in [-0.25, -0.2) is 5.14 Å². The van der Waals surface area contributed by atoms with Gasteiger partial charge >= 0.3 is 0 Å². The maximum atomic E-state index is 11.9. The molecule has 1 amide bonds. The van der Waals surface area contributed by atoms with Crippen LogP contribution in [0, 0.1) is 5.92 Å². The first-order valence-electron chi connectivity index (χ1n) is 6.58. The Morgan fingerprint density at radius 3 is 2.40 bits per heavy atom. The summed E-state index contributed by atoms with van der Waals surface area (Å²) < 4.78 is 23.6. The molecule has 0 atom stereocenters. The molecule has 1 heterocycles. The summed E-state index contributed by atoms with van der Waals surface area (Å²) in [7, 11) is -3.58. The Balaban J connectivity index is 1.78. The summed E-state index contributed by atoms with van der Waals surface area (Å²) in [4.78, 5) is 11.9. The monoisotopic (exact) mass is 297 g/mol. The van der Waals surface area contributed by atoms with Gasteiger partial charge in [-0.05, 0) is 30.9 Å². The summed E-state index contributed by atoms with van der Waals surface area (Å²) in [6.45, 7) is 1.40. The third-order valence-electron chi connectivity index (χ3n) is 3.52. The largest absolute Gasteiger partial charge is 0.352 e. The molecule has 1 saturated heterocycles. The van der Waals surface area contributed by atoms with Gasteiger partial charge in [0.2, 0.25) is 0 Å². The Bertz CT molecular complexity index is 551. The first-order valence-corrected chi connectivity index (χ1v) is 8.08. The minimum absolute atomic E-state index is 0.0977. The molecule has 110 valence electrons. The van der Waals surface area contributed by atoms with Crippen molar-refractivity contribution in [3.8, 4) is 0 Å². The number of piperidine rings is 1. The molecular formula is C13H19N3O3S. The van der Waals surface area contributed by atoms with E-state index >= 15 is 0 Å². The summed E-state index contributed by atoms with van der Waals surface area (Å²) in [6.07, 6.45) is 1.43. The van der Waals surface area contributed by atoms with Gasteiger partial charge in [0.1, 0.15) is 0 Å². The topological polar surface area (TPSA) is 92.5 Å². The van der Waals surface area contributed by atoms with Crippen LogP contribution in [0.2, 0.25) is 0 Å². The van der Waals surface area contributed by atoms with Gasteiger partial charge in [-0.3, -0.25) is 4.79 Å². The number of carbonyl (C=O) groups is 1. The van der Waals surface area contributed by atoms with E-state index in [-0.39, 0.29) is 5.91 Å². The highest BCUT2D eigenvalue weighted by molar-refractivity contribution is 7.86. The predicted octanol–water partition coefficient (Wildman–Crippen LogP) is 0.332. The van der Waals surface area contributed by atoms with Crippen LogP contribution in [0.3, 0.4) is 0 Å². The summed E-state index contributed by atoms with van der Waals surface area (Å²) >= 11 is 0. The van der Waals surface area contributed by atoms with Crippen molar-refractivity contribution >= 4 is 16.1 Å². The van der Waals surface area contributed by atoms with Crippen LogP contribution >= 0.6 is 0 Å². The zero-order valence-electron chi connectivity index (χ0n) is 11.2. The lowest BCUT2D eigenvalue weighted by Gasteiger charge is -2.29. The molecule has 7 heteroatoms. The Morgan fingerprint density at radius 1 is 1.25 bits per heavy atom. The average Bonchev–Trinajstić information content (AvgIpc) is 2.45. The SMILES string of the molecule is NS(=O)(=O)N1CCC(CNC(=O)c2ccccc2)CC1. The van der Waals surface area contributed by atoms with E-state index in [1.807, 2.05) is 18.2 Å². The zero-order chi connectivity index (χ0) is 14.6. The molecule has 3 N–H and O–H groups in total. The Kier molecular flexibility index (Phi) is 4.74. The molecule has 1 aromatic carbocycles. The molecule has 0 saturated carbocycles. The van der Waals surface area contributed by atoms with Gasteiger partial charge in [-0.1, -0.05) is 18.2 Å². The van der Waals surface area contributed by atoms with Crippen LogP contribution in [0.4, 0.5) is 0 Å². The molecule has 1 aliphatic rings. The molecule has 0 spiro atoms. The second-order valence-electron chi connectivity index (χ2n) is 4.96. The lowest BCUT2D eigenvalue weighted by atomic mass is 9.98. The average molecular weight is 297 g/mol. The van der Waals surface area contributed by atoms with Crippen molar-refractivity contribution in [1.82, 2.24) is 9.62 Å².